The van der Waals surface area contributed by atoms with Crippen molar-refractivity contribution in [3.8, 4) is 0 Å². The highest BCUT2D eigenvalue weighted by Gasteiger charge is 2.18. The Bertz CT molecular complexity index is 563. The molecule has 0 aliphatic carbocycles. The summed E-state index contributed by atoms with van der Waals surface area (Å²) in [4.78, 5) is 2.00. The molecule has 1 aromatic rings. The van der Waals surface area contributed by atoms with Crippen molar-refractivity contribution in [2.24, 2.45) is 5.14 Å². The van der Waals surface area contributed by atoms with Crippen molar-refractivity contribution in [2.45, 2.75) is 17.9 Å². The van der Waals surface area contributed by atoms with E-state index in [1.807, 2.05) is 11.8 Å². The molecule has 4 N–H and O–H groups in total. The number of sulfonamides is 1. The Hall–Kier alpha value is -1.35. The molecular weight excluding hydrogens is 294 g/mol. The summed E-state index contributed by atoms with van der Waals surface area (Å²) in [6, 6.07) is 4.52. The zero-order valence-corrected chi connectivity index (χ0v) is 13.4. The second kappa shape index (κ2) is 7.60. The molecule has 8 heteroatoms. The third-order valence-electron chi connectivity index (χ3n) is 3.11. The molecule has 0 aliphatic rings. The van der Waals surface area contributed by atoms with Gasteiger partial charge in [0.2, 0.25) is 10.0 Å². The zero-order valence-electron chi connectivity index (χ0n) is 12.6. The molecule has 120 valence electrons. The average Bonchev–Trinajstić information content (AvgIpc) is 2.39. The molecule has 0 amide bonds. The summed E-state index contributed by atoms with van der Waals surface area (Å²) in [6.07, 6.45) is 0. The van der Waals surface area contributed by atoms with Crippen LogP contribution in [0.1, 0.15) is 6.92 Å². The van der Waals surface area contributed by atoms with E-state index >= 15 is 0 Å². The highest BCUT2D eigenvalue weighted by Crippen LogP contribution is 2.27. The molecule has 0 saturated heterocycles. The Balaban J connectivity index is 3.12. The molecule has 1 rings (SSSR count). The van der Waals surface area contributed by atoms with E-state index < -0.39 is 10.0 Å². The number of methoxy groups -OCH3 is 2. The minimum atomic E-state index is -3.76. The molecule has 1 unspecified atom stereocenters. The van der Waals surface area contributed by atoms with Gasteiger partial charge in [0, 0.05) is 26.8 Å². The number of ether oxygens (including phenoxy) is 2. The highest BCUT2D eigenvalue weighted by molar-refractivity contribution is 7.89. The van der Waals surface area contributed by atoms with Crippen molar-refractivity contribution in [3.63, 3.8) is 0 Å². The van der Waals surface area contributed by atoms with Crippen LogP contribution in [0.5, 0.6) is 0 Å². The van der Waals surface area contributed by atoms with E-state index in [0.29, 0.717) is 25.4 Å². The molecule has 0 radical (unpaired) electrons. The Morgan fingerprint density at radius 1 is 1.29 bits per heavy atom. The predicted molar refractivity (Wildman–Crippen MR) is 82.8 cm³/mol. The summed E-state index contributed by atoms with van der Waals surface area (Å²) in [7, 11) is -0.522. The third kappa shape index (κ3) is 4.85. The summed E-state index contributed by atoms with van der Waals surface area (Å²) in [5.41, 5.74) is 7.06. The molecular formula is C13H23N3O4S. The van der Waals surface area contributed by atoms with Crippen molar-refractivity contribution >= 4 is 21.4 Å². The Labute approximate surface area is 125 Å². The van der Waals surface area contributed by atoms with Crippen molar-refractivity contribution in [1.82, 2.24) is 0 Å². The van der Waals surface area contributed by atoms with Gasteiger partial charge in [0.05, 0.1) is 29.5 Å². The summed E-state index contributed by atoms with van der Waals surface area (Å²) in [5, 5.41) is 5.10. The minimum absolute atomic E-state index is 0.00478. The van der Waals surface area contributed by atoms with Crippen LogP contribution in [0.25, 0.3) is 0 Å². The van der Waals surface area contributed by atoms with Gasteiger partial charge >= 0.3 is 0 Å². The van der Waals surface area contributed by atoms with Crippen LogP contribution >= 0.6 is 0 Å². The normalized spacial score (nSPS) is 13.1. The van der Waals surface area contributed by atoms with Crippen LogP contribution in [0, 0.1) is 0 Å². The van der Waals surface area contributed by atoms with Gasteiger partial charge < -0.3 is 20.1 Å². The zero-order chi connectivity index (χ0) is 16.0. The molecule has 0 aliphatic heterocycles. The van der Waals surface area contributed by atoms with E-state index in [4.69, 9.17) is 20.3 Å². The second-order valence-electron chi connectivity index (χ2n) is 4.76. The van der Waals surface area contributed by atoms with Gasteiger partial charge in [-0.1, -0.05) is 0 Å². The average molecular weight is 317 g/mol. The first-order chi connectivity index (χ1) is 9.81. The van der Waals surface area contributed by atoms with Crippen LogP contribution in [0.15, 0.2) is 23.1 Å². The van der Waals surface area contributed by atoms with Crippen LogP contribution in [0.4, 0.5) is 11.4 Å². The van der Waals surface area contributed by atoms with Gasteiger partial charge in [0.25, 0.3) is 0 Å². The first-order valence-corrected chi connectivity index (χ1v) is 8.02. The number of nitrogens with zero attached hydrogens (tertiary/aromatic N) is 1. The van der Waals surface area contributed by atoms with E-state index in [0.717, 1.165) is 5.69 Å². The molecule has 0 bridgehead atoms. The predicted octanol–water partition coefficient (Wildman–Crippen LogP) is 0.404. The molecule has 21 heavy (non-hydrogen) atoms. The maximum absolute atomic E-state index is 11.3. The lowest BCUT2D eigenvalue weighted by atomic mass is 10.2. The lowest BCUT2D eigenvalue weighted by Crippen LogP contribution is -2.39. The Morgan fingerprint density at radius 2 is 1.95 bits per heavy atom. The number of nitrogens with two attached hydrogens (primary N) is 2. The van der Waals surface area contributed by atoms with Crippen molar-refractivity contribution in [3.05, 3.63) is 18.2 Å². The number of anilines is 2. The van der Waals surface area contributed by atoms with Crippen LogP contribution in [0.2, 0.25) is 0 Å². The number of hydrogen-bond donors (Lipinski definition) is 2. The number of rotatable bonds is 8. The van der Waals surface area contributed by atoms with Crippen LogP contribution in [0.3, 0.4) is 0 Å². The number of benzene rings is 1. The quantitative estimate of drug-likeness (QED) is 0.672. The van der Waals surface area contributed by atoms with Crippen molar-refractivity contribution < 1.29 is 17.9 Å². The van der Waals surface area contributed by atoms with Crippen LogP contribution in [-0.2, 0) is 19.5 Å². The van der Waals surface area contributed by atoms with Gasteiger partial charge in [0.1, 0.15) is 0 Å². The van der Waals surface area contributed by atoms with E-state index in [2.05, 4.69) is 0 Å². The summed E-state index contributed by atoms with van der Waals surface area (Å²) < 4.78 is 33.0. The van der Waals surface area contributed by atoms with E-state index in [-0.39, 0.29) is 10.9 Å². The maximum Gasteiger partial charge on any atom is 0.238 e. The summed E-state index contributed by atoms with van der Waals surface area (Å²) >= 11 is 0. The summed E-state index contributed by atoms with van der Waals surface area (Å²) in [6.45, 7) is 3.64. The van der Waals surface area contributed by atoms with Crippen molar-refractivity contribution in [2.75, 3.05) is 44.6 Å². The van der Waals surface area contributed by atoms with Gasteiger partial charge in [-0.25, -0.2) is 13.6 Å². The molecule has 0 spiro atoms. The number of nitrogen functional groups attached to an aromatic ring is 1. The van der Waals surface area contributed by atoms with Crippen LogP contribution < -0.4 is 15.8 Å². The fourth-order valence-electron chi connectivity index (χ4n) is 2.07. The monoisotopic (exact) mass is 317 g/mol. The van der Waals surface area contributed by atoms with E-state index in [1.54, 1.807) is 20.3 Å². The largest absolute Gasteiger partial charge is 0.397 e. The van der Waals surface area contributed by atoms with E-state index in [9.17, 15) is 8.42 Å². The number of hydrogen-bond acceptors (Lipinski definition) is 6. The van der Waals surface area contributed by atoms with Gasteiger partial charge in [-0.05, 0) is 25.1 Å². The first-order valence-electron chi connectivity index (χ1n) is 6.48. The lowest BCUT2D eigenvalue weighted by molar-refractivity contribution is 0.171. The Kier molecular flexibility index (Phi) is 6.41. The molecule has 0 heterocycles. The molecule has 0 aromatic heterocycles. The molecule has 1 atom stereocenters. The number of primary sulfonamides is 1. The van der Waals surface area contributed by atoms with Gasteiger partial charge in [-0.3, -0.25) is 0 Å². The first kappa shape index (κ1) is 17.7. The molecule has 0 fully saturated rings. The van der Waals surface area contributed by atoms with Crippen LogP contribution in [-0.4, -0.2) is 48.4 Å². The highest BCUT2D eigenvalue weighted by atomic mass is 32.2. The minimum Gasteiger partial charge on any atom is -0.397 e. The van der Waals surface area contributed by atoms with E-state index in [1.165, 1.54) is 12.1 Å². The molecule has 0 saturated carbocycles. The topological polar surface area (TPSA) is 108 Å². The van der Waals surface area contributed by atoms with Gasteiger partial charge in [0.15, 0.2) is 0 Å². The molecule has 7 nitrogen and oxygen atoms in total. The van der Waals surface area contributed by atoms with Gasteiger partial charge in [-0.15, -0.1) is 0 Å². The summed E-state index contributed by atoms with van der Waals surface area (Å²) in [5.74, 6) is 0. The maximum atomic E-state index is 11.3. The fourth-order valence-corrected chi connectivity index (χ4v) is 2.62. The standard InChI is InChI=1S/C13H23N3O4S/c1-10(9-20-3)16(6-7-19-2)13-5-4-11(8-12(13)14)21(15,17)18/h4-5,8,10H,6-7,9,14H2,1-3H3,(H2,15,17,18). The SMILES string of the molecule is COCCN(c1ccc(S(N)(=O)=O)cc1N)C(C)COC. The molecule has 1 aromatic carbocycles. The van der Waals surface area contributed by atoms with Crippen molar-refractivity contribution in [1.29, 1.82) is 0 Å². The smallest absolute Gasteiger partial charge is 0.238 e. The lowest BCUT2D eigenvalue weighted by Gasteiger charge is -2.31. The second-order valence-corrected chi connectivity index (χ2v) is 6.32. The Morgan fingerprint density at radius 3 is 2.43 bits per heavy atom. The third-order valence-corrected chi connectivity index (χ3v) is 4.02. The fraction of sp³-hybridized carbons (Fsp3) is 0.538. The van der Waals surface area contributed by atoms with Gasteiger partial charge in [-0.2, -0.15) is 0 Å².